The summed E-state index contributed by atoms with van der Waals surface area (Å²) >= 11 is 0. The first-order valence-electron chi connectivity index (χ1n) is 13.9. The zero-order valence-electron chi connectivity index (χ0n) is 25.1. The van der Waals surface area contributed by atoms with Gasteiger partial charge in [-0.2, -0.15) is 5.10 Å². The van der Waals surface area contributed by atoms with Crippen molar-refractivity contribution in [3.63, 3.8) is 0 Å². The topological polar surface area (TPSA) is 125 Å². The van der Waals surface area contributed by atoms with Crippen LogP contribution in [0.2, 0.25) is 0 Å². The Morgan fingerprint density at radius 2 is 1.37 bits per heavy atom. The number of aromatic nitrogens is 2. The third-order valence-corrected chi connectivity index (χ3v) is 6.46. The van der Waals surface area contributed by atoms with Crippen molar-refractivity contribution in [2.45, 2.75) is 27.7 Å². The average Bonchev–Trinajstić information content (AvgIpc) is 3.38. The first-order chi connectivity index (χ1) is 20.8. The van der Waals surface area contributed by atoms with Crippen LogP contribution in [0.25, 0.3) is 16.9 Å². The Labute approximate surface area is 250 Å². The number of H-pyrrole nitrogens is 1. The molecule has 11 heteroatoms. The summed E-state index contributed by atoms with van der Waals surface area (Å²) in [5.41, 5.74) is 4.94. The van der Waals surface area contributed by atoms with Crippen molar-refractivity contribution >= 4 is 11.6 Å². The molecule has 0 atom stereocenters. The van der Waals surface area contributed by atoms with Gasteiger partial charge in [0.25, 0.3) is 11.5 Å². The summed E-state index contributed by atoms with van der Waals surface area (Å²) in [6.07, 6.45) is 0. The van der Waals surface area contributed by atoms with E-state index >= 15 is 0 Å². The quantitative estimate of drug-likeness (QED) is 0.162. The van der Waals surface area contributed by atoms with Crippen LogP contribution in [0.1, 0.15) is 43.6 Å². The van der Waals surface area contributed by atoms with E-state index in [2.05, 4.69) is 15.6 Å². The van der Waals surface area contributed by atoms with Crippen LogP contribution < -0.4 is 34.7 Å². The van der Waals surface area contributed by atoms with E-state index in [1.807, 2.05) is 32.9 Å². The van der Waals surface area contributed by atoms with Gasteiger partial charge < -0.3 is 23.7 Å². The Morgan fingerprint density at radius 1 is 0.837 bits per heavy atom. The standard InChI is InChI=1S/C32H36N4O7/c1-7-41-26-18-22(19-27(42-8-2)30(26)43-9-3)31(37)34-33-20(4)28-29(21-10-14-24(39-5)15-11-21)35-36(32(28)38)23-12-16-25(40-6)17-13-23/h10-19,35H,7-9H2,1-6H3,(H,34,37). The maximum Gasteiger partial charge on any atom is 0.281 e. The lowest BCUT2D eigenvalue weighted by Gasteiger charge is -2.16. The summed E-state index contributed by atoms with van der Waals surface area (Å²) in [4.78, 5) is 27.0. The number of ether oxygens (including phenoxy) is 5. The highest BCUT2D eigenvalue weighted by molar-refractivity contribution is 6.05. The second kappa shape index (κ2) is 14.1. The molecule has 43 heavy (non-hydrogen) atoms. The lowest BCUT2D eigenvalue weighted by Crippen LogP contribution is -2.23. The molecule has 3 aromatic carbocycles. The van der Waals surface area contributed by atoms with Crippen LogP contribution >= 0.6 is 0 Å². The van der Waals surface area contributed by atoms with Crippen LogP contribution in [0.5, 0.6) is 28.7 Å². The summed E-state index contributed by atoms with van der Waals surface area (Å²) in [5, 5.41) is 7.52. The molecule has 0 bridgehead atoms. The number of hydrazone groups is 1. The molecule has 0 fully saturated rings. The minimum atomic E-state index is -0.513. The molecule has 0 aliphatic carbocycles. The molecule has 0 aliphatic rings. The fourth-order valence-corrected chi connectivity index (χ4v) is 4.43. The largest absolute Gasteiger partial charge is 0.497 e. The van der Waals surface area contributed by atoms with Gasteiger partial charge in [-0.25, -0.2) is 10.1 Å². The Balaban J connectivity index is 1.74. The predicted molar refractivity (Wildman–Crippen MR) is 165 cm³/mol. The first kappa shape index (κ1) is 30.8. The predicted octanol–water partition coefficient (Wildman–Crippen LogP) is 5.20. The second-order valence-electron chi connectivity index (χ2n) is 9.17. The third-order valence-electron chi connectivity index (χ3n) is 6.46. The molecule has 226 valence electrons. The van der Waals surface area contributed by atoms with Crippen LogP contribution in [0.4, 0.5) is 0 Å². The number of amides is 1. The maximum absolute atomic E-state index is 13.8. The Bertz CT molecular complexity index is 1610. The summed E-state index contributed by atoms with van der Waals surface area (Å²) in [6.45, 7) is 8.33. The molecule has 4 rings (SSSR count). The number of carbonyl (C=O) groups is 1. The van der Waals surface area contributed by atoms with E-state index in [0.29, 0.717) is 65.7 Å². The number of nitrogens with one attached hydrogen (secondary N) is 2. The molecule has 2 N–H and O–H groups in total. The smallest absolute Gasteiger partial charge is 0.281 e. The van der Waals surface area contributed by atoms with E-state index in [0.717, 1.165) is 5.56 Å². The van der Waals surface area contributed by atoms with Crippen LogP contribution in [-0.2, 0) is 0 Å². The van der Waals surface area contributed by atoms with Crippen molar-refractivity contribution in [2.75, 3.05) is 34.0 Å². The van der Waals surface area contributed by atoms with Crippen molar-refractivity contribution < 1.29 is 28.5 Å². The molecule has 0 saturated carbocycles. The van der Waals surface area contributed by atoms with E-state index in [-0.39, 0.29) is 16.7 Å². The number of benzene rings is 3. The fourth-order valence-electron chi connectivity index (χ4n) is 4.43. The van der Waals surface area contributed by atoms with Gasteiger partial charge in [0.2, 0.25) is 5.75 Å². The van der Waals surface area contributed by atoms with Gasteiger partial charge in [0, 0.05) is 11.1 Å². The van der Waals surface area contributed by atoms with Gasteiger partial charge in [-0.3, -0.25) is 14.7 Å². The summed E-state index contributed by atoms with van der Waals surface area (Å²) in [7, 11) is 3.16. The SMILES string of the molecule is CCOc1cc(C(=O)NN=C(C)c2c(-c3ccc(OC)cc3)[nH]n(-c3ccc(OC)cc3)c2=O)cc(OCC)c1OCC. The molecule has 4 aromatic rings. The number of nitrogens with zero attached hydrogens (tertiary/aromatic N) is 2. The van der Waals surface area contributed by atoms with Gasteiger partial charge in [0.05, 0.1) is 56.7 Å². The molecule has 0 spiro atoms. The van der Waals surface area contributed by atoms with E-state index < -0.39 is 5.91 Å². The van der Waals surface area contributed by atoms with E-state index in [9.17, 15) is 9.59 Å². The van der Waals surface area contributed by atoms with Crippen LogP contribution in [0.15, 0.2) is 70.6 Å². The van der Waals surface area contributed by atoms with Gasteiger partial charge in [-0.1, -0.05) is 0 Å². The lowest BCUT2D eigenvalue weighted by atomic mass is 10.1. The normalized spacial score (nSPS) is 11.2. The minimum Gasteiger partial charge on any atom is -0.497 e. The van der Waals surface area contributed by atoms with Crippen LogP contribution in [0.3, 0.4) is 0 Å². The first-order valence-corrected chi connectivity index (χ1v) is 13.9. The molecule has 0 aliphatic heterocycles. The lowest BCUT2D eigenvalue weighted by molar-refractivity contribution is 0.0953. The molecule has 0 radical (unpaired) electrons. The average molecular weight is 589 g/mol. The zero-order valence-corrected chi connectivity index (χ0v) is 25.1. The zero-order chi connectivity index (χ0) is 30.9. The molecule has 11 nitrogen and oxygen atoms in total. The summed E-state index contributed by atoms with van der Waals surface area (Å²) < 4.78 is 29.2. The van der Waals surface area contributed by atoms with E-state index in [1.54, 1.807) is 69.7 Å². The molecule has 0 unspecified atom stereocenters. The van der Waals surface area contributed by atoms with Gasteiger partial charge in [-0.15, -0.1) is 0 Å². The van der Waals surface area contributed by atoms with Crippen molar-refractivity contribution in [2.24, 2.45) is 5.10 Å². The summed E-state index contributed by atoms with van der Waals surface area (Å²) in [5.74, 6) is 2.02. The molecule has 1 aromatic heterocycles. The molecule has 1 heterocycles. The molecular formula is C32H36N4O7. The summed E-state index contributed by atoms with van der Waals surface area (Å²) in [6, 6.07) is 17.5. The van der Waals surface area contributed by atoms with E-state index in [1.165, 1.54) is 4.68 Å². The Kier molecular flexibility index (Phi) is 10.1. The third kappa shape index (κ3) is 6.83. The van der Waals surface area contributed by atoms with Crippen molar-refractivity contribution in [3.05, 3.63) is 82.1 Å². The van der Waals surface area contributed by atoms with Gasteiger partial charge in [0.1, 0.15) is 11.5 Å². The molecular weight excluding hydrogens is 552 g/mol. The maximum atomic E-state index is 13.8. The van der Waals surface area contributed by atoms with Crippen molar-refractivity contribution in [1.82, 2.24) is 15.2 Å². The highest BCUT2D eigenvalue weighted by Gasteiger charge is 2.21. The van der Waals surface area contributed by atoms with Crippen LogP contribution in [0, 0.1) is 0 Å². The van der Waals surface area contributed by atoms with Crippen molar-refractivity contribution in [1.29, 1.82) is 0 Å². The number of hydrogen-bond donors (Lipinski definition) is 2. The number of hydrogen-bond acceptors (Lipinski definition) is 8. The second-order valence-corrected chi connectivity index (χ2v) is 9.17. The molecule has 1 amide bonds. The highest BCUT2D eigenvalue weighted by Crippen LogP contribution is 2.39. The number of carbonyl (C=O) groups excluding carboxylic acids is 1. The van der Waals surface area contributed by atoms with E-state index in [4.69, 9.17) is 23.7 Å². The van der Waals surface area contributed by atoms with Gasteiger partial charge >= 0.3 is 0 Å². The number of aromatic amines is 1. The Hall–Kier alpha value is -5.19. The Morgan fingerprint density at radius 3 is 1.88 bits per heavy atom. The van der Waals surface area contributed by atoms with Gasteiger partial charge in [0.15, 0.2) is 11.5 Å². The minimum absolute atomic E-state index is 0.256. The monoisotopic (exact) mass is 588 g/mol. The van der Waals surface area contributed by atoms with Crippen molar-refractivity contribution in [3.8, 4) is 45.7 Å². The van der Waals surface area contributed by atoms with Crippen LogP contribution in [-0.4, -0.2) is 55.4 Å². The number of methoxy groups -OCH3 is 2. The highest BCUT2D eigenvalue weighted by atomic mass is 16.5. The molecule has 0 saturated heterocycles. The number of rotatable bonds is 13. The van der Waals surface area contributed by atoms with Gasteiger partial charge in [-0.05, 0) is 88.4 Å². The fraction of sp³-hybridized carbons (Fsp3) is 0.281.